The zero-order chi connectivity index (χ0) is 16.2. The number of carbonyl (C=O) groups excluding carboxylic acids is 1. The lowest BCUT2D eigenvalue weighted by molar-refractivity contribution is -0.274. The minimum absolute atomic E-state index is 0.0434. The summed E-state index contributed by atoms with van der Waals surface area (Å²) >= 11 is 0. The van der Waals surface area contributed by atoms with Gasteiger partial charge in [-0.05, 0) is 12.1 Å². The number of pyridine rings is 1. The van der Waals surface area contributed by atoms with Gasteiger partial charge in [-0.25, -0.2) is 4.98 Å². The van der Waals surface area contributed by atoms with E-state index < -0.39 is 6.36 Å². The predicted octanol–water partition coefficient (Wildman–Crippen LogP) is 1.28. The number of nitrogens with zero attached hydrogens (tertiary/aromatic N) is 3. The quantitative estimate of drug-likeness (QED) is 0.837. The van der Waals surface area contributed by atoms with Gasteiger partial charge in [0.15, 0.2) is 0 Å². The first-order valence-corrected chi connectivity index (χ1v) is 6.62. The van der Waals surface area contributed by atoms with Crippen LogP contribution in [0.5, 0.6) is 5.75 Å². The van der Waals surface area contributed by atoms with Crippen LogP contribution in [0.1, 0.15) is 0 Å². The van der Waals surface area contributed by atoms with Gasteiger partial charge in [-0.2, -0.15) is 0 Å². The Bertz CT molecular complexity index is 499. The number of hydrogen-bond acceptors (Lipinski definition) is 5. The molecule has 1 fully saturated rings. The summed E-state index contributed by atoms with van der Waals surface area (Å²) in [6.45, 7) is 2.20. The number of carbonyl (C=O) groups is 1. The number of aromatic nitrogens is 1. The summed E-state index contributed by atoms with van der Waals surface area (Å²) in [5.74, 6) is 0.113. The molecule has 0 aromatic carbocycles. The molecule has 2 rings (SSSR count). The van der Waals surface area contributed by atoms with Gasteiger partial charge in [0.25, 0.3) is 0 Å². The van der Waals surface area contributed by atoms with Crippen LogP contribution >= 0.6 is 0 Å². The highest BCUT2D eigenvalue weighted by molar-refractivity contribution is 5.77. The van der Waals surface area contributed by atoms with Gasteiger partial charge in [0.2, 0.25) is 5.91 Å². The normalized spacial score (nSPS) is 15.8. The van der Waals surface area contributed by atoms with Crippen molar-refractivity contribution in [1.82, 2.24) is 9.88 Å². The number of halogens is 3. The molecule has 1 amide bonds. The van der Waals surface area contributed by atoms with Crippen molar-refractivity contribution in [1.29, 1.82) is 0 Å². The first-order chi connectivity index (χ1) is 10.4. The number of alkyl halides is 3. The van der Waals surface area contributed by atoms with Gasteiger partial charge in [0.05, 0.1) is 6.20 Å². The summed E-state index contributed by atoms with van der Waals surface area (Å²) in [6, 6.07) is 2.69. The molecule has 0 aliphatic carbocycles. The van der Waals surface area contributed by atoms with Gasteiger partial charge >= 0.3 is 6.36 Å². The molecule has 6 nitrogen and oxygen atoms in total. The third-order valence-corrected chi connectivity index (χ3v) is 3.18. The lowest BCUT2D eigenvalue weighted by Crippen LogP contribution is -2.49. The largest absolute Gasteiger partial charge is 0.573 e. The molecule has 1 aliphatic heterocycles. The van der Waals surface area contributed by atoms with Crippen molar-refractivity contribution in [3.05, 3.63) is 18.3 Å². The predicted molar refractivity (Wildman–Crippen MR) is 71.6 cm³/mol. The first kappa shape index (κ1) is 16.3. The minimum Gasteiger partial charge on any atom is -0.404 e. The van der Waals surface area contributed by atoms with Crippen LogP contribution in [0.4, 0.5) is 19.0 Å². The summed E-state index contributed by atoms with van der Waals surface area (Å²) in [5, 5.41) is 0. The molecule has 0 unspecified atom stereocenters. The lowest BCUT2D eigenvalue weighted by Gasteiger charge is -2.35. The Balaban J connectivity index is 1.90. The SMILES string of the molecule is COCC(=O)N1CCN(c2ccc(OC(F)(F)F)cn2)CC1. The molecule has 2 heterocycles. The van der Waals surface area contributed by atoms with E-state index in [1.165, 1.54) is 19.2 Å². The molecule has 0 atom stereocenters. The number of piperazine rings is 1. The molecular weight excluding hydrogens is 303 g/mol. The fourth-order valence-electron chi connectivity index (χ4n) is 2.15. The highest BCUT2D eigenvalue weighted by Crippen LogP contribution is 2.23. The van der Waals surface area contributed by atoms with Crippen LogP contribution in [0.25, 0.3) is 0 Å². The number of methoxy groups -OCH3 is 1. The maximum absolute atomic E-state index is 12.1. The highest BCUT2D eigenvalue weighted by Gasteiger charge is 2.31. The summed E-state index contributed by atoms with van der Waals surface area (Å²) in [6.07, 6.45) is -3.69. The van der Waals surface area contributed by atoms with Crippen LogP contribution in [-0.2, 0) is 9.53 Å². The number of hydrogen-bond donors (Lipinski definition) is 0. The van der Waals surface area contributed by atoms with E-state index in [0.717, 1.165) is 6.20 Å². The van der Waals surface area contributed by atoms with Crippen molar-refractivity contribution in [3.63, 3.8) is 0 Å². The summed E-state index contributed by atoms with van der Waals surface area (Å²) in [5.41, 5.74) is 0. The third-order valence-electron chi connectivity index (χ3n) is 3.18. The van der Waals surface area contributed by atoms with E-state index >= 15 is 0 Å². The molecule has 1 saturated heterocycles. The fraction of sp³-hybridized carbons (Fsp3) is 0.538. The maximum Gasteiger partial charge on any atom is 0.573 e. The van der Waals surface area contributed by atoms with Gasteiger partial charge in [-0.3, -0.25) is 4.79 Å². The van der Waals surface area contributed by atoms with E-state index in [2.05, 4.69) is 9.72 Å². The first-order valence-electron chi connectivity index (χ1n) is 6.62. The van der Waals surface area contributed by atoms with Gasteiger partial charge in [-0.1, -0.05) is 0 Å². The summed E-state index contributed by atoms with van der Waals surface area (Å²) < 4.78 is 44.8. The summed E-state index contributed by atoms with van der Waals surface area (Å²) in [4.78, 5) is 19.2. The van der Waals surface area contributed by atoms with Crippen molar-refractivity contribution in [2.75, 3.05) is 44.8 Å². The Hall–Kier alpha value is -2.03. The molecule has 1 aromatic heterocycles. The number of rotatable bonds is 4. The Morgan fingerprint density at radius 3 is 2.45 bits per heavy atom. The summed E-state index contributed by atoms with van der Waals surface area (Å²) in [7, 11) is 1.46. The second-order valence-electron chi connectivity index (χ2n) is 4.70. The zero-order valence-electron chi connectivity index (χ0n) is 12.0. The Morgan fingerprint density at radius 1 is 1.27 bits per heavy atom. The third kappa shape index (κ3) is 4.48. The molecule has 1 aromatic rings. The fourth-order valence-corrected chi connectivity index (χ4v) is 2.15. The second-order valence-corrected chi connectivity index (χ2v) is 4.70. The average molecular weight is 319 g/mol. The molecular formula is C13H16F3N3O3. The van der Waals surface area contributed by atoms with Crippen LogP contribution in [0, 0.1) is 0 Å². The minimum atomic E-state index is -4.73. The van der Waals surface area contributed by atoms with Crippen LogP contribution in [0.2, 0.25) is 0 Å². The molecule has 122 valence electrons. The van der Waals surface area contributed by atoms with Gasteiger partial charge in [-0.15, -0.1) is 13.2 Å². The number of anilines is 1. The molecule has 0 radical (unpaired) electrons. The van der Waals surface area contributed by atoms with E-state index in [4.69, 9.17) is 4.74 Å². The zero-order valence-corrected chi connectivity index (χ0v) is 12.0. The van der Waals surface area contributed by atoms with Crippen LogP contribution in [0.15, 0.2) is 18.3 Å². The van der Waals surface area contributed by atoms with Crippen molar-refractivity contribution in [2.24, 2.45) is 0 Å². The van der Waals surface area contributed by atoms with Crippen molar-refractivity contribution in [3.8, 4) is 5.75 Å². The maximum atomic E-state index is 12.1. The lowest BCUT2D eigenvalue weighted by atomic mass is 10.3. The Labute approximate surface area is 125 Å². The Kier molecular flexibility index (Phi) is 5.07. The van der Waals surface area contributed by atoms with E-state index in [0.29, 0.717) is 32.0 Å². The molecule has 1 aliphatic rings. The average Bonchev–Trinajstić information content (AvgIpc) is 2.47. The number of amides is 1. The van der Waals surface area contributed by atoms with Crippen LogP contribution in [0.3, 0.4) is 0 Å². The highest BCUT2D eigenvalue weighted by atomic mass is 19.4. The Morgan fingerprint density at radius 2 is 1.95 bits per heavy atom. The second kappa shape index (κ2) is 6.82. The molecule has 0 saturated carbocycles. The topological polar surface area (TPSA) is 54.9 Å². The smallest absolute Gasteiger partial charge is 0.404 e. The van der Waals surface area contributed by atoms with Crippen molar-refractivity contribution < 1.29 is 27.4 Å². The van der Waals surface area contributed by atoms with E-state index in [-0.39, 0.29) is 18.3 Å². The number of ether oxygens (including phenoxy) is 2. The van der Waals surface area contributed by atoms with Crippen LogP contribution < -0.4 is 9.64 Å². The van der Waals surface area contributed by atoms with Crippen molar-refractivity contribution in [2.45, 2.75) is 6.36 Å². The molecule has 22 heavy (non-hydrogen) atoms. The van der Waals surface area contributed by atoms with E-state index in [9.17, 15) is 18.0 Å². The molecule has 9 heteroatoms. The van der Waals surface area contributed by atoms with E-state index in [1.54, 1.807) is 4.90 Å². The molecule has 0 spiro atoms. The monoisotopic (exact) mass is 319 g/mol. The van der Waals surface area contributed by atoms with Gasteiger partial charge in [0, 0.05) is 33.3 Å². The van der Waals surface area contributed by atoms with E-state index in [1.807, 2.05) is 4.90 Å². The standard InChI is InChI=1S/C13H16F3N3O3/c1-21-9-12(20)19-6-4-18(5-7-19)11-3-2-10(8-17-11)22-13(14,15)16/h2-3,8H,4-7,9H2,1H3. The van der Waals surface area contributed by atoms with Gasteiger partial charge < -0.3 is 19.3 Å². The molecule has 0 N–H and O–H groups in total. The van der Waals surface area contributed by atoms with Crippen molar-refractivity contribution >= 4 is 11.7 Å². The molecule has 0 bridgehead atoms. The van der Waals surface area contributed by atoms with Gasteiger partial charge in [0.1, 0.15) is 18.2 Å². The van der Waals surface area contributed by atoms with Crippen LogP contribution in [-0.4, -0.2) is 62.0 Å².